The van der Waals surface area contributed by atoms with Gasteiger partial charge in [-0.25, -0.2) is 0 Å². The Bertz CT molecular complexity index is 403. The van der Waals surface area contributed by atoms with Gasteiger partial charge < -0.3 is 10.1 Å². The summed E-state index contributed by atoms with van der Waals surface area (Å²) < 4.78 is 40.0. The summed E-state index contributed by atoms with van der Waals surface area (Å²) in [6.07, 6.45) is -3.56. The molecule has 0 saturated heterocycles. The van der Waals surface area contributed by atoms with Crippen molar-refractivity contribution in [3.05, 3.63) is 29.8 Å². The Kier molecular flexibility index (Phi) is 5.87. The maximum atomic E-state index is 12.1. The van der Waals surface area contributed by atoms with Crippen LogP contribution in [0.4, 0.5) is 13.2 Å². The summed E-state index contributed by atoms with van der Waals surface area (Å²) in [6, 6.07) is 6.42. The summed E-state index contributed by atoms with van der Waals surface area (Å²) in [4.78, 5) is 0. The number of nitrogens with one attached hydrogen (secondary N) is 1. The molecule has 0 aliphatic carbocycles. The lowest BCUT2D eigenvalue weighted by atomic mass is 9.99. The van der Waals surface area contributed by atoms with Crippen molar-refractivity contribution >= 4 is 0 Å². The average Bonchev–Trinajstić information content (AvgIpc) is 2.36. The van der Waals surface area contributed by atoms with Gasteiger partial charge in [-0.15, -0.1) is 13.2 Å². The minimum Gasteiger partial charge on any atom is -0.406 e. The molecule has 0 radical (unpaired) electrons. The molecule has 0 aromatic heterocycles. The summed E-state index contributed by atoms with van der Waals surface area (Å²) in [6.45, 7) is 8.42. The summed E-state index contributed by atoms with van der Waals surface area (Å²) in [5.41, 5.74) is 0.940. The number of hydrogen-bond donors (Lipinski definition) is 1. The van der Waals surface area contributed by atoms with E-state index in [0.29, 0.717) is 12.0 Å². The fourth-order valence-electron chi connectivity index (χ4n) is 1.97. The van der Waals surface area contributed by atoms with Crippen LogP contribution in [0.2, 0.25) is 0 Å². The highest BCUT2D eigenvalue weighted by atomic mass is 19.4. The topological polar surface area (TPSA) is 21.3 Å². The molecular weight excluding hydrogens is 267 g/mol. The van der Waals surface area contributed by atoms with Crippen molar-refractivity contribution in [3.63, 3.8) is 0 Å². The predicted molar refractivity (Wildman–Crippen MR) is 73.6 cm³/mol. The van der Waals surface area contributed by atoms with Crippen molar-refractivity contribution in [2.45, 2.75) is 52.6 Å². The molecule has 5 heteroatoms. The maximum Gasteiger partial charge on any atom is 0.573 e. The molecule has 1 aromatic rings. The number of alkyl halides is 3. The third-order valence-corrected chi connectivity index (χ3v) is 3.62. The van der Waals surface area contributed by atoms with Crippen molar-refractivity contribution < 1.29 is 17.9 Å². The van der Waals surface area contributed by atoms with E-state index < -0.39 is 6.36 Å². The average molecular weight is 289 g/mol. The van der Waals surface area contributed by atoms with Crippen molar-refractivity contribution in [1.82, 2.24) is 5.32 Å². The molecule has 0 fully saturated rings. The Balaban J connectivity index is 2.64. The number of halogens is 3. The summed E-state index contributed by atoms with van der Waals surface area (Å²) >= 11 is 0. The zero-order chi connectivity index (χ0) is 15.3. The minimum atomic E-state index is -4.64. The first-order valence-corrected chi connectivity index (χ1v) is 6.84. The second-order valence-electron chi connectivity index (χ2n) is 5.18. The molecule has 1 rings (SSSR count). The normalized spacial score (nSPS) is 16.6. The van der Waals surface area contributed by atoms with Crippen LogP contribution in [0.5, 0.6) is 5.75 Å². The number of ether oxygens (including phenoxy) is 1. The maximum absolute atomic E-state index is 12.1. The summed E-state index contributed by atoms with van der Waals surface area (Å²) in [5, 5.41) is 3.45. The number of hydrogen-bond acceptors (Lipinski definition) is 2. The van der Waals surface area contributed by atoms with Gasteiger partial charge in [0, 0.05) is 12.1 Å². The Morgan fingerprint density at radius 2 is 1.65 bits per heavy atom. The molecule has 1 aromatic carbocycles. The molecule has 0 amide bonds. The molecular formula is C15H22F3NO. The van der Waals surface area contributed by atoms with Gasteiger partial charge in [0.2, 0.25) is 0 Å². The van der Waals surface area contributed by atoms with Crippen LogP contribution in [0.1, 0.15) is 45.7 Å². The van der Waals surface area contributed by atoms with Crippen molar-refractivity contribution in [2.24, 2.45) is 5.92 Å². The molecule has 0 spiro atoms. The highest BCUT2D eigenvalue weighted by Gasteiger charge is 2.31. The van der Waals surface area contributed by atoms with Crippen LogP contribution in [0.3, 0.4) is 0 Å². The Morgan fingerprint density at radius 1 is 1.10 bits per heavy atom. The lowest BCUT2D eigenvalue weighted by Gasteiger charge is -2.25. The van der Waals surface area contributed by atoms with Gasteiger partial charge in [0.25, 0.3) is 0 Å². The van der Waals surface area contributed by atoms with Crippen molar-refractivity contribution in [3.8, 4) is 5.75 Å². The first-order valence-electron chi connectivity index (χ1n) is 6.84. The van der Waals surface area contributed by atoms with E-state index >= 15 is 0 Å². The van der Waals surface area contributed by atoms with E-state index in [-0.39, 0.29) is 11.8 Å². The van der Waals surface area contributed by atoms with E-state index in [2.05, 4.69) is 30.8 Å². The highest BCUT2D eigenvalue weighted by Crippen LogP contribution is 2.24. The van der Waals surface area contributed by atoms with E-state index in [0.717, 1.165) is 12.0 Å². The van der Waals surface area contributed by atoms with Crippen LogP contribution in [-0.4, -0.2) is 12.4 Å². The quantitative estimate of drug-likeness (QED) is 0.821. The van der Waals surface area contributed by atoms with E-state index in [4.69, 9.17) is 0 Å². The smallest absolute Gasteiger partial charge is 0.406 e. The Labute approximate surface area is 118 Å². The minimum absolute atomic E-state index is 0.0823. The molecule has 0 aliphatic heterocycles. The monoisotopic (exact) mass is 289 g/mol. The molecule has 0 saturated carbocycles. The standard InChI is InChI=1S/C15H22F3NO/c1-5-10(2)11(3)19-12(4)13-6-8-14(9-7-13)20-15(16,17)18/h6-12,19H,5H2,1-4H3. The molecule has 3 unspecified atom stereocenters. The van der Waals surface area contributed by atoms with Crippen LogP contribution in [0.25, 0.3) is 0 Å². The second kappa shape index (κ2) is 6.97. The van der Waals surface area contributed by atoms with Crippen LogP contribution < -0.4 is 10.1 Å². The van der Waals surface area contributed by atoms with Crippen LogP contribution in [0.15, 0.2) is 24.3 Å². The highest BCUT2D eigenvalue weighted by molar-refractivity contribution is 5.29. The Morgan fingerprint density at radius 3 is 2.10 bits per heavy atom. The van der Waals surface area contributed by atoms with Crippen molar-refractivity contribution in [1.29, 1.82) is 0 Å². The molecule has 20 heavy (non-hydrogen) atoms. The molecule has 0 aliphatic rings. The van der Waals surface area contributed by atoms with Gasteiger partial charge in [0.1, 0.15) is 5.75 Å². The third kappa shape index (κ3) is 5.41. The lowest BCUT2D eigenvalue weighted by Crippen LogP contribution is -2.33. The van der Waals surface area contributed by atoms with Gasteiger partial charge in [-0.05, 0) is 37.5 Å². The second-order valence-corrected chi connectivity index (χ2v) is 5.18. The molecule has 3 atom stereocenters. The predicted octanol–water partition coefficient (Wildman–Crippen LogP) is 4.67. The van der Waals surface area contributed by atoms with Gasteiger partial charge >= 0.3 is 6.36 Å². The molecule has 0 heterocycles. The lowest BCUT2D eigenvalue weighted by molar-refractivity contribution is -0.274. The van der Waals surface area contributed by atoms with Gasteiger partial charge in [-0.2, -0.15) is 0 Å². The summed E-state index contributed by atoms with van der Waals surface area (Å²) in [7, 11) is 0. The van der Waals surface area contributed by atoms with E-state index in [9.17, 15) is 13.2 Å². The SMILES string of the molecule is CCC(C)C(C)NC(C)c1ccc(OC(F)(F)F)cc1. The van der Waals surface area contributed by atoms with E-state index in [1.807, 2.05) is 6.92 Å². The van der Waals surface area contributed by atoms with Crippen LogP contribution in [0, 0.1) is 5.92 Å². The Hall–Kier alpha value is -1.23. The third-order valence-electron chi connectivity index (χ3n) is 3.62. The van der Waals surface area contributed by atoms with E-state index in [1.54, 1.807) is 12.1 Å². The first-order chi connectivity index (χ1) is 9.23. The van der Waals surface area contributed by atoms with Gasteiger partial charge in [0.05, 0.1) is 0 Å². The van der Waals surface area contributed by atoms with Crippen LogP contribution >= 0.6 is 0 Å². The van der Waals surface area contributed by atoms with Gasteiger partial charge in [-0.3, -0.25) is 0 Å². The molecule has 1 N–H and O–H groups in total. The van der Waals surface area contributed by atoms with Gasteiger partial charge in [0.15, 0.2) is 0 Å². The molecule has 114 valence electrons. The fraction of sp³-hybridized carbons (Fsp3) is 0.600. The fourth-order valence-corrected chi connectivity index (χ4v) is 1.97. The van der Waals surface area contributed by atoms with Gasteiger partial charge in [-0.1, -0.05) is 32.4 Å². The first kappa shape index (κ1) is 16.8. The zero-order valence-corrected chi connectivity index (χ0v) is 12.3. The largest absolute Gasteiger partial charge is 0.573 e. The zero-order valence-electron chi connectivity index (χ0n) is 12.3. The number of benzene rings is 1. The molecule has 2 nitrogen and oxygen atoms in total. The van der Waals surface area contributed by atoms with Crippen LogP contribution in [-0.2, 0) is 0 Å². The molecule has 0 bridgehead atoms. The number of rotatable bonds is 6. The van der Waals surface area contributed by atoms with E-state index in [1.165, 1.54) is 12.1 Å². The summed E-state index contributed by atoms with van der Waals surface area (Å²) in [5.74, 6) is 0.355. The van der Waals surface area contributed by atoms with Crippen molar-refractivity contribution in [2.75, 3.05) is 0 Å².